The number of piperidine rings is 1. The zero-order valence-corrected chi connectivity index (χ0v) is 10.7. The molecule has 4 nitrogen and oxygen atoms in total. The fraction of sp³-hybridized carbons (Fsp3) is 0.500. The van der Waals surface area contributed by atoms with Crippen LogP contribution in [0.2, 0.25) is 0 Å². The predicted octanol–water partition coefficient (Wildman–Crippen LogP) is 1.22. The van der Waals surface area contributed by atoms with Gasteiger partial charge >= 0.3 is 0 Å². The number of hydrogen-bond donors (Lipinski definition) is 1. The van der Waals surface area contributed by atoms with Gasteiger partial charge in [0.05, 0.1) is 4.90 Å². The Morgan fingerprint density at radius 1 is 1.18 bits per heavy atom. The van der Waals surface area contributed by atoms with Crippen LogP contribution in [-0.2, 0) is 9.84 Å². The Morgan fingerprint density at radius 3 is 2.29 bits per heavy atom. The van der Waals surface area contributed by atoms with Gasteiger partial charge in [0.25, 0.3) is 0 Å². The molecule has 0 aromatic heterocycles. The first-order valence-electron chi connectivity index (χ1n) is 5.73. The lowest BCUT2D eigenvalue weighted by atomic mass is 10.1. The summed E-state index contributed by atoms with van der Waals surface area (Å²) in [6.07, 6.45) is 3.43. The van der Waals surface area contributed by atoms with Gasteiger partial charge in [0.2, 0.25) is 0 Å². The summed E-state index contributed by atoms with van der Waals surface area (Å²) in [5, 5.41) is 3.27. The molecular formula is C12H17NO3S. The van der Waals surface area contributed by atoms with Gasteiger partial charge in [-0.2, -0.15) is 0 Å². The molecule has 0 unspecified atom stereocenters. The summed E-state index contributed by atoms with van der Waals surface area (Å²) in [5.41, 5.74) is 0. The number of hydrogen-bond acceptors (Lipinski definition) is 4. The maximum absolute atomic E-state index is 11.3. The average Bonchev–Trinajstić information content (AvgIpc) is 2.30. The molecule has 2 rings (SSSR count). The van der Waals surface area contributed by atoms with Gasteiger partial charge in [-0.05, 0) is 50.2 Å². The van der Waals surface area contributed by atoms with Crippen molar-refractivity contribution >= 4 is 9.84 Å². The van der Waals surface area contributed by atoms with Crippen LogP contribution in [0, 0.1) is 0 Å². The first-order valence-corrected chi connectivity index (χ1v) is 7.62. The Kier molecular flexibility index (Phi) is 3.69. The van der Waals surface area contributed by atoms with Crippen molar-refractivity contribution < 1.29 is 13.2 Å². The number of rotatable bonds is 3. The smallest absolute Gasteiger partial charge is 0.175 e. The molecule has 94 valence electrons. The minimum atomic E-state index is -3.12. The topological polar surface area (TPSA) is 55.4 Å². The Bertz CT molecular complexity index is 461. The van der Waals surface area contributed by atoms with Gasteiger partial charge < -0.3 is 10.1 Å². The van der Waals surface area contributed by atoms with Crippen LogP contribution < -0.4 is 10.1 Å². The lowest BCUT2D eigenvalue weighted by Gasteiger charge is -2.23. The summed E-state index contributed by atoms with van der Waals surface area (Å²) in [4.78, 5) is 0.329. The molecule has 1 aliphatic rings. The van der Waals surface area contributed by atoms with Crippen LogP contribution in [0.5, 0.6) is 5.75 Å². The van der Waals surface area contributed by atoms with Gasteiger partial charge in [-0.25, -0.2) is 8.42 Å². The molecule has 1 N–H and O–H groups in total. The zero-order valence-electron chi connectivity index (χ0n) is 9.85. The molecule has 0 saturated carbocycles. The van der Waals surface area contributed by atoms with Crippen LogP contribution in [0.4, 0.5) is 0 Å². The number of nitrogens with one attached hydrogen (secondary N) is 1. The largest absolute Gasteiger partial charge is 0.490 e. The minimum Gasteiger partial charge on any atom is -0.490 e. The van der Waals surface area contributed by atoms with Crippen LogP contribution in [0.15, 0.2) is 29.2 Å². The van der Waals surface area contributed by atoms with E-state index in [0.717, 1.165) is 31.7 Å². The summed E-state index contributed by atoms with van der Waals surface area (Å²) >= 11 is 0. The Hall–Kier alpha value is -1.07. The maximum Gasteiger partial charge on any atom is 0.175 e. The Labute approximate surface area is 102 Å². The van der Waals surface area contributed by atoms with E-state index in [1.165, 1.54) is 6.26 Å². The highest BCUT2D eigenvalue weighted by Crippen LogP contribution is 2.19. The van der Waals surface area contributed by atoms with Gasteiger partial charge in [-0.3, -0.25) is 0 Å². The van der Waals surface area contributed by atoms with E-state index in [2.05, 4.69) is 5.32 Å². The SMILES string of the molecule is CS(=O)(=O)c1ccc(OC2CCNCC2)cc1. The fourth-order valence-electron chi connectivity index (χ4n) is 1.87. The van der Waals surface area contributed by atoms with Crippen molar-refractivity contribution in [3.05, 3.63) is 24.3 Å². The third-order valence-corrected chi connectivity index (χ3v) is 3.97. The monoisotopic (exact) mass is 255 g/mol. The molecule has 0 aliphatic carbocycles. The molecule has 1 heterocycles. The highest BCUT2D eigenvalue weighted by Gasteiger charge is 2.14. The van der Waals surface area contributed by atoms with E-state index in [9.17, 15) is 8.42 Å². The molecule has 5 heteroatoms. The van der Waals surface area contributed by atoms with E-state index >= 15 is 0 Å². The van der Waals surface area contributed by atoms with Gasteiger partial charge in [0.15, 0.2) is 9.84 Å². The van der Waals surface area contributed by atoms with Gasteiger partial charge in [0, 0.05) is 6.26 Å². The molecule has 17 heavy (non-hydrogen) atoms. The normalized spacial score (nSPS) is 17.9. The first-order chi connectivity index (χ1) is 8.05. The molecule has 0 atom stereocenters. The number of benzene rings is 1. The standard InChI is InChI=1S/C12H17NO3S/c1-17(14,15)12-4-2-10(3-5-12)16-11-6-8-13-9-7-11/h2-5,11,13H,6-9H2,1H3. The van der Waals surface area contributed by atoms with Crippen LogP contribution in [0.3, 0.4) is 0 Å². The second-order valence-corrected chi connectivity index (χ2v) is 6.33. The molecule has 0 amide bonds. The van der Waals surface area contributed by atoms with Crippen molar-refractivity contribution in [1.29, 1.82) is 0 Å². The summed E-state index contributed by atoms with van der Waals surface area (Å²) < 4.78 is 28.4. The summed E-state index contributed by atoms with van der Waals surface area (Å²) in [6.45, 7) is 1.96. The predicted molar refractivity (Wildman–Crippen MR) is 66.1 cm³/mol. The zero-order chi connectivity index (χ0) is 12.3. The molecule has 0 bridgehead atoms. The highest BCUT2D eigenvalue weighted by molar-refractivity contribution is 7.90. The second-order valence-electron chi connectivity index (χ2n) is 4.31. The average molecular weight is 255 g/mol. The molecule has 0 radical (unpaired) electrons. The van der Waals surface area contributed by atoms with Crippen molar-refractivity contribution in [1.82, 2.24) is 5.32 Å². The maximum atomic E-state index is 11.3. The van der Waals surface area contributed by atoms with E-state index < -0.39 is 9.84 Å². The molecule has 1 aliphatic heterocycles. The first kappa shape index (κ1) is 12.4. The molecular weight excluding hydrogens is 238 g/mol. The molecule has 1 aromatic carbocycles. The Morgan fingerprint density at radius 2 is 1.76 bits per heavy atom. The molecule has 1 saturated heterocycles. The van der Waals surface area contributed by atoms with Crippen LogP contribution in [0.25, 0.3) is 0 Å². The lowest BCUT2D eigenvalue weighted by molar-refractivity contribution is 0.162. The third kappa shape index (κ3) is 3.44. The van der Waals surface area contributed by atoms with Crippen LogP contribution >= 0.6 is 0 Å². The number of ether oxygens (including phenoxy) is 1. The molecule has 1 aromatic rings. The highest BCUT2D eigenvalue weighted by atomic mass is 32.2. The summed E-state index contributed by atoms with van der Waals surface area (Å²) in [7, 11) is -3.12. The second kappa shape index (κ2) is 5.06. The minimum absolute atomic E-state index is 0.236. The lowest BCUT2D eigenvalue weighted by Crippen LogP contribution is -2.34. The Balaban J connectivity index is 2.03. The van der Waals surface area contributed by atoms with E-state index in [1.807, 2.05) is 0 Å². The fourth-order valence-corrected chi connectivity index (χ4v) is 2.50. The van der Waals surface area contributed by atoms with Gasteiger partial charge in [0.1, 0.15) is 11.9 Å². The van der Waals surface area contributed by atoms with E-state index in [1.54, 1.807) is 24.3 Å². The van der Waals surface area contributed by atoms with Gasteiger partial charge in [-0.15, -0.1) is 0 Å². The van der Waals surface area contributed by atoms with Crippen molar-refractivity contribution in [2.24, 2.45) is 0 Å². The third-order valence-electron chi connectivity index (χ3n) is 2.84. The van der Waals surface area contributed by atoms with Crippen LogP contribution in [0.1, 0.15) is 12.8 Å². The van der Waals surface area contributed by atoms with Crippen molar-refractivity contribution in [3.63, 3.8) is 0 Å². The van der Waals surface area contributed by atoms with E-state index in [0.29, 0.717) is 4.90 Å². The molecule has 1 fully saturated rings. The number of sulfone groups is 1. The summed E-state index contributed by atoms with van der Waals surface area (Å²) in [6, 6.07) is 6.62. The van der Waals surface area contributed by atoms with Crippen molar-refractivity contribution in [2.45, 2.75) is 23.8 Å². The quantitative estimate of drug-likeness (QED) is 0.882. The van der Waals surface area contributed by atoms with Gasteiger partial charge in [-0.1, -0.05) is 0 Å². The molecule has 0 spiro atoms. The van der Waals surface area contributed by atoms with Crippen molar-refractivity contribution in [3.8, 4) is 5.75 Å². The van der Waals surface area contributed by atoms with E-state index in [-0.39, 0.29) is 6.10 Å². The van der Waals surface area contributed by atoms with Crippen LogP contribution in [-0.4, -0.2) is 33.9 Å². The summed E-state index contributed by atoms with van der Waals surface area (Å²) in [5.74, 6) is 0.740. The van der Waals surface area contributed by atoms with Crippen molar-refractivity contribution in [2.75, 3.05) is 19.3 Å². The van der Waals surface area contributed by atoms with E-state index in [4.69, 9.17) is 4.74 Å².